The van der Waals surface area contributed by atoms with Crippen LogP contribution >= 0.6 is 0 Å². The molecule has 0 bridgehead atoms. The van der Waals surface area contributed by atoms with Crippen molar-refractivity contribution in [2.75, 3.05) is 0 Å². The molecule has 1 heterocycles. The van der Waals surface area contributed by atoms with Crippen LogP contribution in [0.5, 0.6) is 0 Å². The lowest BCUT2D eigenvalue weighted by Gasteiger charge is -2.31. The van der Waals surface area contributed by atoms with Crippen LogP contribution < -0.4 is 5.56 Å². The zero-order valence-electron chi connectivity index (χ0n) is 18.6. The normalized spacial score (nSPS) is 11.7. The lowest BCUT2D eigenvalue weighted by Crippen LogP contribution is -2.36. The number of benzene rings is 3. The van der Waals surface area contributed by atoms with Crippen molar-refractivity contribution in [1.82, 2.24) is 14.7 Å². The van der Waals surface area contributed by atoms with E-state index in [1.807, 2.05) is 13.0 Å². The molecule has 0 N–H and O–H groups in total. The molecule has 0 aliphatic heterocycles. The third-order valence-corrected chi connectivity index (χ3v) is 5.54. The van der Waals surface area contributed by atoms with E-state index in [0.717, 1.165) is 5.56 Å². The van der Waals surface area contributed by atoms with Gasteiger partial charge in [-0.3, -0.25) is 9.59 Å². The first-order valence-corrected chi connectivity index (χ1v) is 10.9. The molecule has 0 spiro atoms. The molecule has 0 radical (unpaired) electrons. The van der Waals surface area contributed by atoms with Gasteiger partial charge >= 0.3 is 0 Å². The largest absolute Gasteiger partial charge is 0.326 e. The van der Waals surface area contributed by atoms with Gasteiger partial charge in [0.25, 0.3) is 11.5 Å². The molecule has 172 valence electrons. The Hall–Kier alpha value is -4.13. The van der Waals surface area contributed by atoms with Crippen LogP contribution in [0.15, 0.2) is 95.8 Å². The topological polar surface area (TPSA) is 55.2 Å². The first-order valence-electron chi connectivity index (χ1n) is 10.9. The van der Waals surface area contributed by atoms with Gasteiger partial charge in [0.05, 0.1) is 11.7 Å². The van der Waals surface area contributed by atoms with Crippen LogP contribution in [0.25, 0.3) is 5.69 Å². The summed E-state index contributed by atoms with van der Waals surface area (Å²) in [6.45, 7) is 2.02. The number of carbonyl (C=O) groups is 1. The summed E-state index contributed by atoms with van der Waals surface area (Å²) in [5, 5.41) is 4.33. The molecule has 0 aliphatic carbocycles. The van der Waals surface area contributed by atoms with E-state index < -0.39 is 17.8 Å². The van der Waals surface area contributed by atoms with Gasteiger partial charge in [-0.15, -0.1) is 0 Å². The van der Waals surface area contributed by atoms with Crippen molar-refractivity contribution in [1.29, 1.82) is 0 Å². The average Bonchev–Trinajstić information content (AvgIpc) is 2.85. The SMILES string of the molecule is CCC(c1ccc(F)cc1)N(Cc1cccc(F)c1)C(=O)c1ccc(=O)n(-c2ccccc2)n1. The number of hydrogen-bond acceptors (Lipinski definition) is 3. The summed E-state index contributed by atoms with van der Waals surface area (Å²) in [5.41, 5.74) is 1.57. The van der Waals surface area contributed by atoms with Crippen LogP contribution in [0, 0.1) is 11.6 Å². The van der Waals surface area contributed by atoms with Crippen molar-refractivity contribution in [2.24, 2.45) is 0 Å². The van der Waals surface area contributed by atoms with Gasteiger partial charge < -0.3 is 4.90 Å². The van der Waals surface area contributed by atoms with Gasteiger partial charge in [-0.2, -0.15) is 9.78 Å². The Kier molecular flexibility index (Phi) is 6.92. The molecule has 0 fully saturated rings. The fourth-order valence-electron chi connectivity index (χ4n) is 3.90. The van der Waals surface area contributed by atoms with Gasteiger partial charge in [0.2, 0.25) is 0 Å². The summed E-state index contributed by atoms with van der Waals surface area (Å²) >= 11 is 0. The second-order valence-electron chi connectivity index (χ2n) is 7.84. The van der Waals surface area contributed by atoms with Gasteiger partial charge in [-0.1, -0.05) is 49.4 Å². The van der Waals surface area contributed by atoms with E-state index in [4.69, 9.17) is 0 Å². The smallest absolute Gasteiger partial charge is 0.275 e. The van der Waals surface area contributed by atoms with Gasteiger partial charge in [0, 0.05) is 12.6 Å². The third kappa shape index (κ3) is 5.09. The van der Waals surface area contributed by atoms with Gasteiger partial charge in [-0.25, -0.2) is 8.78 Å². The highest BCUT2D eigenvalue weighted by atomic mass is 19.1. The molecule has 7 heteroatoms. The predicted molar refractivity (Wildman–Crippen MR) is 126 cm³/mol. The number of aromatic nitrogens is 2. The van der Waals surface area contributed by atoms with E-state index in [9.17, 15) is 18.4 Å². The fourth-order valence-corrected chi connectivity index (χ4v) is 3.90. The molecule has 1 atom stereocenters. The summed E-state index contributed by atoms with van der Waals surface area (Å²) in [6.07, 6.45) is 0.533. The summed E-state index contributed by atoms with van der Waals surface area (Å²) in [5.74, 6) is -1.21. The van der Waals surface area contributed by atoms with E-state index in [2.05, 4.69) is 5.10 Å². The number of halogens is 2. The number of nitrogens with zero attached hydrogens (tertiary/aromatic N) is 3. The summed E-state index contributed by atoms with van der Waals surface area (Å²) in [6, 6.07) is 23.1. The van der Waals surface area contributed by atoms with Crippen LogP contribution in [-0.2, 0) is 6.54 Å². The number of para-hydroxylation sites is 1. The molecular weight excluding hydrogens is 436 g/mol. The lowest BCUT2D eigenvalue weighted by molar-refractivity contribution is 0.0644. The molecule has 1 aromatic heterocycles. The van der Waals surface area contributed by atoms with Gasteiger partial charge in [-0.05, 0) is 60.0 Å². The maximum Gasteiger partial charge on any atom is 0.275 e. The van der Waals surface area contributed by atoms with Gasteiger partial charge in [0.1, 0.15) is 17.3 Å². The molecule has 4 rings (SSSR count). The Balaban J connectivity index is 1.77. The Bertz CT molecular complexity index is 1340. The number of hydrogen-bond donors (Lipinski definition) is 0. The molecule has 1 unspecified atom stereocenters. The fraction of sp³-hybridized carbons (Fsp3) is 0.148. The third-order valence-electron chi connectivity index (χ3n) is 5.54. The van der Waals surface area contributed by atoms with Crippen molar-refractivity contribution in [3.05, 3.63) is 130 Å². The Morgan fingerprint density at radius 2 is 1.65 bits per heavy atom. The number of carbonyl (C=O) groups excluding carboxylic acids is 1. The first-order chi connectivity index (χ1) is 16.5. The maximum atomic E-state index is 13.9. The van der Waals surface area contributed by atoms with E-state index in [-0.39, 0.29) is 23.6 Å². The molecule has 34 heavy (non-hydrogen) atoms. The summed E-state index contributed by atoms with van der Waals surface area (Å²) in [7, 11) is 0. The zero-order valence-corrected chi connectivity index (χ0v) is 18.6. The zero-order chi connectivity index (χ0) is 24.1. The minimum absolute atomic E-state index is 0.0698. The highest BCUT2D eigenvalue weighted by Crippen LogP contribution is 2.28. The molecule has 5 nitrogen and oxygen atoms in total. The summed E-state index contributed by atoms with van der Waals surface area (Å²) < 4.78 is 28.6. The second kappa shape index (κ2) is 10.2. The highest BCUT2D eigenvalue weighted by molar-refractivity contribution is 5.92. The van der Waals surface area contributed by atoms with Crippen LogP contribution in [0.1, 0.15) is 41.0 Å². The molecule has 0 saturated carbocycles. The van der Waals surface area contributed by atoms with Crippen LogP contribution in [0.3, 0.4) is 0 Å². The van der Waals surface area contributed by atoms with Crippen LogP contribution in [0.4, 0.5) is 8.78 Å². The van der Waals surface area contributed by atoms with Crippen LogP contribution in [-0.4, -0.2) is 20.6 Å². The Morgan fingerprint density at radius 3 is 2.32 bits per heavy atom. The molecule has 0 saturated heterocycles. The minimum atomic E-state index is -0.426. The number of amides is 1. The molecule has 4 aromatic rings. The predicted octanol–water partition coefficient (Wildman–Crippen LogP) is 5.30. The highest BCUT2D eigenvalue weighted by Gasteiger charge is 2.27. The maximum absolute atomic E-state index is 13.9. The standard InChI is InChI=1S/C27H23F2N3O2/c1-2-25(20-11-13-21(28)14-12-20)31(18-19-7-6-8-22(29)17-19)27(34)24-15-16-26(33)32(30-24)23-9-4-3-5-10-23/h3-17,25H,2,18H2,1H3. The van der Waals surface area contributed by atoms with Crippen molar-refractivity contribution >= 4 is 5.91 Å². The lowest BCUT2D eigenvalue weighted by atomic mass is 10.0. The van der Waals surface area contributed by atoms with E-state index >= 15 is 0 Å². The molecule has 3 aromatic carbocycles. The van der Waals surface area contributed by atoms with Crippen molar-refractivity contribution in [2.45, 2.75) is 25.9 Å². The monoisotopic (exact) mass is 459 g/mol. The second-order valence-corrected chi connectivity index (χ2v) is 7.84. The van der Waals surface area contributed by atoms with Crippen LogP contribution in [0.2, 0.25) is 0 Å². The molecular formula is C27H23F2N3O2. The first kappa shape index (κ1) is 23.0. The van der Waals surface area contributed by atoms with Crippen molar-refractivity contribution < 1.29 is 13.6 Å². The minimum Gasteiger partial charge on any atom is -0.326 e. The van der Waals surface area contributed by atoms with Crippen molar-refractivity contribution in [3.63, 3.8) is 0 Å². The van der Waals surface area contributed by atoms with Gasteiger partial charge in [0.15, 0.2) is 0 Å². The molecule has 1 amide bonds. The summed E-state index contributed by atoms with van der Waals surface area (Å²) in [4.78, 5) is 27.8. The quantitative estimate of drug-likeness (QED) is 0.377. The molecule has 0 aliphatic rings. The van der Waals surface area contributed by atoms with E-state index in [1.165, 1.54) is 41.1 Å². The Labute approximate surface area is 195 Å². The Morgan fingerprint density at radius 1 is 0.912 bits per heavy atom. The van der Waals surface area contributed by atoms with E-state index in [1.54, 1.807) is 53.4 Å². The van der Waals surface area contributed by atoms with Crippen molar-refractivity contribution in [3.8, 4) is 5.69 Å². The van der Waals surface area contributed by atoms with E-state index in [0.29, 0.717) is 17.7 Å². The average molecular weight is 459 g/mol. The number of rotatable bonds is 7.